The van der Waals surface area contributed by atoms with Crippen LogP contribution in [0.15, 0.2) is 36.4 Å². The molecule has 0 aliphatic carbocycles. The molecule has 0 radical (unpaired) electrons. The van der Waals surface area contributed by atoms with Gasteiger partial charge in [-0.2, -0.15) is 0 Å². The molecule has 1 amide bonds. The fourth-order valence-electron chi connectivity index (χ4n) is 4.16. The average molecular weight is 437 g/mol. The van der Waals surface area contributed by atoms with Crippen molar-refractivity contribution in [3.05, 3.63) is 53.2 Å². The molecule has 168 valence electrons. The van der Waals surface area contributed by atoms with Gasteiger partial charge in [-0.05, 0) is 67.0 Å². The molecule has 3 aromatic rings. The summed E-state index contributed by atoms with van der Waals surface area (Å²) in [6, 6.07) is 10.0. The summed E-state index contributed by atoms with van der Waals surface area (Å²) in [5.41, 5.74) is 8.74. The lowest BCUT2D eigenvalue weighted by Gasteiger charge is -2.23. The number of aryl methyl sites for hydroxylation is 1. The van der Waals surface area contributed by atoms with Crippen molar-refractivity contribution in [2.45, 2.75) is 45.6 Å². The Kier molecular flexibility index (Phi) is 6.03. The van der Waals surface area contributed by atoms with E-state index in [1.807, 2.05) is 24.6 Å². The van der Waals surface area contributed by atoms with E-state index in [1.165, 1.54) is 6.07 Å². The van der Waals surface area contributed by atoms with E-state index in [4.69, 9.17) is 10.5 Å². The summed E-state index contributed by atoms with van der Waals surface area (Å²) in [4.78, 5) is 11.2. The normalized spacial score (nSPS) is 15.5. The highest BCUT2D eigenvalue weighted by atomic mass is 16.5. The van der Waals surface area contributed by atoms with Gasteiger partial charge in [0.05, 0.1) is 12.3 Å². The maximum Gasteiger partial charge on any atom is 0.248 e. The van der Waals surface area contributed by atoms with Crippen LogP contribution < -0.4 is 10.5 Å². The molecule has 0 fully saturated rings. The van der Waals surface area contributed by atoms with Crippen molar-refractivity contribution >= 4 is 5.91 Å². The lowest BCUT2D eigenvalue weighted by atomic mass is 9.90. The van der Waals surface area contributed by atoms with Crippen molar-refractivity contribution in [1.29, 1.82) is 0 Å². The Morgan fingerprint density at radius 3 is 2.66 bits per heavy atom. The number of hydrogen-bond acceptors (Lipinski definition) is 6. The quantitative estimate of drug-likeness (QED) is 0.520. The molecule has 0 saturated carbocycles. The standard InChI is InChI=1S/C24H28N4O4/c1-14(2)18-12-19(22(30)13-21(18)29)23-20-11-15(7-9-28(20)27-26-23)8-10-32-17-5-3-16(4-6-17)24(25)31/h3-6,12-15,29-30H,7-11H2,1-2H3,(H2,25,31). The van der Waals surface area contributed by atoms with Crippen LogP contribution in [0.2, 0.25) is 0 Å². The molecule has 0 bridgehead atoms. The Hall–Kier alpha value is -3.55. The third-order valence-electron chi connectivity index (χ3n) is 6.02. The van der Waals surface area contributed by atoms with Gasteiger partial charge in [-0.25, -0.2) is 4.68 Å². The summed E-state index contributed by atoms with van der Waals surface area (Å²) in [5, 5.41) is 29.3. The smallest absolute Gasteiger partial charge is 0.248 e. The highest BCUT2D eigenvalue weighted by molar-refractivity contribution is 5.92. The van der Waals surface area contributed by atoms with Crippen molar-refractivity contribution in [1.82, 2.24) is 15.0 Å². The second kappa shape index (κ2) is 8.90. The summed E-state index contributed by atoms with van der Waals surface area (Å²) < 4.78 is 7.74. The number of fused-ring (bicyclic) bond motifs is 1. The predicted octanol–water partition coefficient (Wildman–Crippen LogP) is 3.61. The van der Waals surface area contributed by atoms with Gasteiger partial charge < -0.3 is 20.7 Å². The number of aromatic nitrogens is 3. The zero-order valence-corrected chi connectivity index (χ0v) is 18.3. The number of ether oxygens (including phenoxy) is 1. The van der Waals surface area contributed by atoms with Crippen LogP contribution in [0.25, 0.3) is 11.3 Å². The van der Waals surface area contributed by atoms with E-state index in [0.717, 1.165) is 37.1 Å². The molecule has 1 atom stereocenters. The van der Waals surface area contributed by atoms with Gasteiger partial charge in [-0.1, -0.05) is 19.1 Å². The van der Waals surface area contributed by atoms with Gasteiger partial charge in [0.15, 0.2) is 0 Å². The van der Waals surface area contributed by atoms with Gasteiger partial charge in [0, 0.05) is 23.7 Å². The molecule has 0 spiro atoms. The molecule has 1 aliphatic heterocycles. The van der Waals surface area contributed by atoms with Crippen LogP contribution in [0.5, 0.6) is 17.2 Å². The number of aromatic hydroxyl groups is 2. The monoisotopic (exact) mass is 436 g/mol. The summed E-state index contributed by atoms with van der Waals surface area (Å²) in [5.74, 6) is 0.839. The van der Waals surface area contributed by atoms with E-state index in [2.05, 4.69) is 10.3 Å². The minimum absolute atomic E-state index is 0.0000598. The first-order chi connectivity index (χ1) is 15.3. The second-order valence-corrected chi connectivity index (χ2v) is 8.58. The fraction of sp³-hybridized carbons (Fsp3) is 0.375. The number of nitrogens with zero attached hydrogens (tertiary/aromatic N) is 3. The van der Waals surface area contributed by atoms with Gasteiger partial charge in [0.2, 0.25) is 5.91 Å². The maximum atomic E-state index is 11.2. The van der Waals surface area contributed by atoms with Gasteiger partial charge in [0.25, 0.3) is 0 Å². The van der Waals surface area contributed by atoms with Crippen LogP contribution in [-0.4, -0.2) is 37.7 Å². The minimum atomic E-state index is -0.458. The van der Waals surface area contributed by atoms with Crippen LogP contribution in [0.1, 0.15) is 54.2 Å². The first-order valence-electron chi connectivity index (χ1n) is 10.8. The second-order valence-electron chi connectivity index (χ2n) is 8.58. The molecule has 4 rings (SSSR count). The number of phenolic OH excluding ortho intramolecular Hbond substituents is 2. The molecule has 8 nitrogen and oxygen atoms in total. The summed E-state index contributed by atoms with van der Waals surface area (Å²) in [6.45, 7) is 5.30. The van der Waals surface area contributed by atoms with Crippen LogP contribution in [0, 0.1) is 5.92 Å². The fourth-order valence-corrected chi connectivity index (χ4v) is 4.16. The summed E-state index contributed by atoms with van der Waals surface area (Å²) >= 11 is 0. The van der Waals surface area contributed by atoms with Crippen LogP contribution in [0.4, 0.5) is 0 Å². The molecule has 4 N–H and O–H groups in total. The highest BCUT2D eigenvalue weighted by Crippen LogP contribution is 2.39. The van der Waals surface area contributed by atoms with Crippen LogP contribution in [-0.2, 0) is 13.0 Å². The molecule has 1 unspecified atom stereocenters. The van der Waals surface area contributed by atoms with Crippen molar-refractivity contribution in [2.75, 3.05) is 6.61 Å². The molecule has 8 heteroatoms. The van der Waals surface area contributed by atoms with E-state index in [0.29, 0.717) is 35.1 Å². The van der Waals surface area contributed by atoms with E-state index in [1.54, 1.807) is 24.3 Å². The summed E-state index contributed by atoms with van der Waals surface area (Å²) in [7, 11) is 0. The number of rotatable bonds is 7. The third-order valence-corrected chi connectivity index (χ3v) is 6.02. The van der Waals surface area contributed by atoms with Crippen LogP contribution >= 0.6 is 0 Å². The van der Waals surface area contributed by atoms with Crippen molar-refractivity contribution in [3.63, 3.8) is 0 Å². The number of carbonyl (C=O) groups excluding carboxylic acids is 1. The Balaban J connectivity index is 1.45. The molecule has 1 aromatic heterocycles. The van der Waals surface area contributed by atoms with E-state index in [-0.39, 0.29) is 17.4 Å². The number of primary amides is 1. The van der Waals surface area contributed by atoms with Gasteiger partial charge in [0.1, 0.15) is 22.9 Å². The summed E-state index contributed by atoms with van der Waals surface area (Å²) in [6.07, 6.45) is 2.61. The zero-order valence-electron chi connectivity index (χ0n) is 18.3. The Morgan fingerprint density at radius 1 is 1.22 bits per heavy atom. The van der Waals surface area contributed by atoms with Gasteiger partial charge >= 0.3 is 0 Å². The minimum Gasteiger partial charge on any atom is -0.508 e. The third kappa shape index (κ3) is 4.39. The maximum absolute atomic E-state index is 11.2. The van der Waals surface area contributed by atoms with Gasteiger partial charge in [-0.15, -0.1) is 5.10 Å². The van der Waals surface area contributed by atoms with Gasteiger partial charge in [-0.3, -0.25) is 4.79 Å². The van der Waals surface area contributed by atoms with E-state index in [9.17, 15) is 15.0 Å². The van der Waals surface area contributed by atoms with E-state index >= 15 is 0 Å². The molecule has 1 aliphatic rings. The number of benzene rings is 2. The number of carbonyl (C=O) groups is 1. The zero-order chi connectivity index (χ0) is 22.8. The first-order valence-corrected chi connectivity index (χ1v) is 10.8. The molecule has 0 saturated heterocycles. The van der Waals surface area contributed by atoms with Crippen LogP contribution in [0.3, 0.4) is 0 Å². The Morgan fingerprint density at radius 2 is 1.97 bits per heavy atom. The first kappa shape index (κ1) is 21.7. The number of amides is 1. The molecular formula is C24H28N4O4. The number of nitrogens with two attached hydrogens (primary N) is 1. The lowest BCUT2D eigenvalue weighted by molar-refractivity contribution is 0.1000. The highest BCUT2D eigenvalue weighted by Gasteiger charge is 2.26. The molecule has 2 heterocycles. The molecular weight excluding hydrogens is 408 g/mol. The van der Waals surface area contributed by atoms with Crippen molar-refractivity contribution in [2.24, 2.45) is 11.7 Å². The molecule has 32 heavy (non-hydrogen) atoms. The Bertz CT molecular complexity index is 1120. The van der Waals surface area contributed by atoms with Crippen molar-refractivity contribution < 1.29 is 19.7 Å². The largest absolute Gasteiger partial charge is 0.508 e. The SMILES string of the molecule is CC(C)c1cc(-c2nnn3c2CC(CCOc2ccc(C(N)=O)cc2)CC3)c(O)cc1O. The lowest BCUT2D eigenvalue weighted by Crippen LogP contribution is -2.22. The number of hydrogen-bond donors (Lipinski definition) is 3. The Labute approximate surface area is 186 Å². The van der Waals surface area contributed by atoms with E-state index < -0.39 is 5.91 Å². The molecule has 2 aromatic carbocycles. The van der Waals surface area contributed by atoms with Crippen molar-refractivity contribution in [3.8, 4) is 28.5 Å². The average Bonchev–Trinajstić information content (AvgIpc) is 3.17. The topological polar surface area (TPSA) is 123 Å². The predicted molar refractivity (Wildman–Crippen MR) is 120 cm³/mol. The number of phenols is 2.